The zero-order valence-electron chi connectivity index (χ0n) is 13.9. The summed E-state index contributed by atoms with van der Waals surface area (Å²) < 4.78 is 0. The molecule has 0 radical (unpaired) electrons. The molecule has 1 aliphatic rings. The largest absolute Gasteiger partial charge is 0.338 e. The Kier molecular flexibility index (Phi) is 6.19. The van der Waals surface area contributed by atoms with Gasteiger partial charge in [0.1, 0.15) is 0 Å². The lowest BCUT2D eigenvalue weighted by Gasteiger charge is -2.18. The molecule has 1 saturated heterocycles. The van der Waals surface area contributed by atoms with Crippen molar-refractivity contribution in [2.75, 3.05) is 26.2 Å². The van der Waals surface area contributed by atoms with Crippen molar-refractivity contribution in [2.24, 2.45) is 11.8 Å². The van der Waals surface area contributed by atoms with Gasteiger partial charge >= 0.3 is 6.03 Å². The first-order valence-corrected chi connectivity index (χ1v) is 8.19. The summed E-state index contributed by atoms with van der Waals surface area (Å²) in [6.07, 6.45) is 2.93. The highest BCUT2D eigenvalue weighted by atomic mass is 16.2. The third kappa shape index (κ3) is 5.30. The Morgan fingerprint density at radius 2 is 2.27 bits per heavy atom. The Morgan fingerprint density at radius 3 is 3.00 bits per heavy atom. The molecule has 2 N–H and O–H groups in total. The first kappa shape index (κ1) is 16.7. The second-order valence-electron chi connectivity index (χ2n) is 6.64. The number of aryl methyl sites for hydroxylation is 1. The van der Waals surface area contributed by atoms with E-state index in [-0.39, 0.29) is 6.03 Å². The van der Waals surface area contributed by atoms with Crippen LogP contribution in [0.15, 0.2) is 18.3 Å². The van der Waals surface area contributed by atoms with Crippen LogP contribution in [0.4, 0.5) is 4.79 Å². The van der Waals surface area contributed by atoms with Gasteiger partial charge < -0.3 is 15.5 Å². The van der Waals surface area contributed by atoms with Gasteiger partial charge in [-0.2, -0.15) is 0 Å². The fourth-order valence-electron chi connectivity index (χ4n) is 2.93. The molecule has 0 aliphatic carbocycles. The summed E-state index contributed by atoms with van der Waals surface area (Å²) in [7, 11) is 0. The van der Waals surface area contributed by atoms with E-state index < -0.39 is 0 Å². The van der Waals surface area contributed by atoms with E-state index in [1.807, 2.05) is 19.1 Å². The van der Waals surface area contributed by atoms with Gasteiger partial charge in [0, 0.05) is 25.8 Å². The standard InChI is InChI=1S/C17H28N4O/c1-13(2)11-21-8-6-15(12-21)9-19-17(22)20-10-16-14(3)5-4-7-18-16/h4-5,7,13,15H,6,8-12H2,1-3H3,(H2,19,20,22). The lowest BCUT2D eigenvalue weighted by Crippen LogP contribution is -2.38. The Balaban J connectivity index is 1.65. The van der Waals surface area contributed by atoms with Gasteiger partial charge in [0.15, 0.2) is 0 Å². The number of urea groups is 1. The molecule has 1 aromatic heterocycles. The quantitative estimate of drug-likeness (QED) is 0.847. The maximum Gasteiger partial charge on any atom is 0.315 e. The highest BCUT2D eigenvalue weighted by Gasteiger charge is 2.22. The third-order valence-corrected chi connectivity index (χ3v) is 4.08. The van der Waals surface area contributed by atoms with Gasteiger partial charge in [-0.25, -0.2) is 4.79 Å². The Labute approximate surface area is 133 Å². The van der Waals surface area contributed by atoms with E-state index >= 15 is 0 Å². The van der Waals surface area contributed by atoms with Crippen molar-refractivity contribution in [3.05, 3.63) is 29.6 Å². The van der Waals surface area contributed by atoms with Gasteiger partial charge in [0.25, 0.3) is 0 Å². The summed E-state index contributed by atoms with van der Waals surface area (Å²) in [5.41, 5.74) is 2.02. The normalized spacial score (nSPS) is 18.6. The predicted molar refractivity (Wildman–Crippen MR) is 88.6 cm³/mol. The Morgan fingerprint density at radius 1 is 1.45 bits per heavy atom. The molecule has 0 bridgehead atoms. The van der Waals surface area contributed by atoms with Gasteiger partial charge in [0.2, 0.25) is 0 Å². The zero-order chi connectivity index (χ0) is 15.9. The van der Waals surface area contributed by atoms with E-state index in [2.05, 4.69) is 34.4 Å². The monoisotopic (exact) mass is 304 g/mol. The van der Waals surface area contributed by atoms with Crippen LogP contribution in [0.1, 0.15) is 31.5 Å². The van der Waals surface area contributed by atoms with Crippen molar-refractivity contribution >= 4 is 6.03 Å². The Bertz CT molecular complexity index is 489. The van der Waals surface area contributed by atoms with E-state index in [4.69, 9.17) is 0 Å². The van der Waals surface area contributed by atoms with E-state index in [0.717, 1.165) is 37.4 Å². The van der Waals surface area contributed by atoms with Crippen molar-refractivity contribution < 1.29 is 4.79 Å². The van der Waals surface area contributed by atoms with E-state index in [1.54, 1.807) is 6.20 Å². The molecule has 0 saturated carbocycles. The molecule has 5 nitrogen and oxygen atoms in total. The zero-order valence-corrected chi connectivity index (χ0v) is 13.9. The molecule has 2 amide bonds. The molecule has 0 aromatic carbocycles. The third-order valence-electron chi connectivity index (χ3n) is 4.08. The molecule has 1 unspecified atom stereocenters. The maximum absolute atomic E-state index is 11.9. The SMILES string of the molecule is Cc1cccnc1CNC(=O)NCC1CCN(CC(C)C)C1. The van der Waals surface area contributed by atoms with Crippen LogP contribution < -0.4 is 10.6 Å². The van der Waals surface area contributed by atoms with Crippen LogP contribution in [-0.4, -0.2) is 42.1 Å². The Hall–Kier alpha value is -1.62. The fraction of sp³-hybridized carbons (Fsp3) is 0.647. The number of carbonyl (C=O) groups is 1. The maximum atomic E-state index is 11.9. The van der Waals surface area contributed by atoms with Crippen molar-refractivity contribution in [3.63, 3.8) is 0 Å². The van der Waals surface area contributed by atoms with Crippen LogP contribution in [-0.2, 0) is 6.54 Å². The molecule has 0 spiro atoms. The summed E-state index contributed by atoms with van der Waals surface area (Å²) in [5, 5.41) is 5.86. The number of hydrogen-bond acceptors (Lipinski definition) is 3. The molecule has 1 aliphatic heterocycles. The van der Waals surface area contributed by atoms with Crippen LogP contribution in [0.5, 0.6) is 0 Å². The first-order chi connectivity index (χ1) is 10.5. The van der Waals surface area contributed by atoms with E-state index in [1.165, 1.54) is 6.42 Å². The van der Waals surface area contributed by atoms with Crippen LogP contribution in [0.2, 0.25) is 0 Å². The fourth-order valence-corrected chi connectivity index (χ4v) is 2.93. The van der Waals surface area contributed by atoms with Crippen molar-refractivity contribution in [1.29, 1.82) is 0 Å². The minimum atomic E-state index is -0.104. The number of pyridine rings is 1. The molecule has 122 valence electrons. The number of rotatable bonds is 6. The average molecular weight is 304 g/mol. The van der Waals surface area contributed by atoms with Gasteiger partial charge in [-0.05, 0) is 43.4 Å². The van der Waals surface area contributed by atoms with E-state index in [9.17, 15) is 4.79 Å². The van der Waals surface area contributed by atoms with Crippen LogP contribution in [0, 0.1) is 18.8 Å². The second-order valence-corrected chi connectivity index (χ2v) is 6.64. The number of carbonyl (C=O) groups excluding carboxylic acids is 1. The van der Waals surface area contributed by atoms with Crippen LogP contribution >= 0.6 is 0 Å². The predicted octanol–water partition coefficient (Wildman–Crippen LogP) is 2.17. The first-order valence-electron chi connectivity index (χ1n) is 8.19. The lowest BCUT2D eigenvalue weighted by atomic mass is 10.1. The minimum absolute atomic E-state index is 0.104. The van der Waals surface area contributed by atoms with Crippen molar-refractivity contribution in [3.8, 4) is 0 Å². The molecule has 2 rings (SSSR count). The highest BCUT2D eigenvalue weighted by Crippen LogP contribution is 2.16. The molecule has 22 heavy (non-hydrogen) atoms. The minimum Gasteiger partial charge on any atom is -0.338 e. The summed E-state index contributed by atoms with van der Waals surface area (Å²) in [5.74, 6) is 1.28. The van der Waals surface area contributed by atoms with Crippen molar-refractivity contribution in [1.82, 2.24) is 20.5 Å². The molecule has 1 aromatic rings. The molecule has 2 heterocycles. The summed E-state index contributed by atoms with van der Waals surface area (Å²) in [6, 6.07) is 3.80. The number of likely N-dealkylation sites (tertiary alicyclic amines) is 1. The van der Waals surface area contributed by atoms with Gasteiger partial charge in [-0.1, -0.05) is 19.9 Å². The van der Waals surface area contributed by atoms with Gasteiger partial charge in [-0.15, -0.1) is 0 Å². The molecule has 5 heteroatoms. The number of amides is 2. The van der Waals surface area contributed by atoms with Gasteiger partial charge in [0.05, 0.1) is 12.2 Å². The summed E-state index contributed by atoms with van der Waals surface area (Å²) >= 11 is 0. The molecular formula is C17H28N4O. The number of nitrogens with one attached hydrogen (secondary N) is 2. The van der Waals surface area contributed by atoms with Crippen LogP contribution in [0.25, 0.3) is 0 Å². The smallest absolute Gasteiger partial charge is 0.315 e. The highest BCUT2D eigenvalue weighted by molar-refractivity contribution is 5.73. The topological polar surface area (TPSA) is 57.3 Å². The molecule has 1 fully saturated rings. The van der Waals surface area contributed by atoms with Gasteiger partial charge in [-0.3, -0.25) is 4.98 Å². The second kappa shape index (κ2) is 8.13. The summed E-state index contributed by atoms with van der Waals surface area (Å²) in [4.78, 5) is 18.6. The van der Waals surface area contributed by atoms with Crippen LogP contribution in [0.3, 0.4) is 0 Å². The summed E-state index contributed by atoms with van der Waals surface area (Å²) in [6.45, 7) is 11.1. The van der Waals surface area contributed by atoms with Crippen molar-refractivity contribution in [2.45, 2.75) is 33.7 Å². The number of aromatic nitrogens is 1. The molecular weight excluding hydrogens is 276 g/mol. The molecule has 1 atom stereocenters. The number of nitrogens with zero attached hydrogens (tertiary/aromatic N) is 2. The average Bonchev–Trinajstić information content (AvgIpc) is 2.91. The number of hydrogen-bond donors (Lipinski definition) is 2. The lowest BCUT2D eigenvalue weighted by molar-refractivity contribution is 0.237. The van der Waals surface area contributed by atoms with E-state index in [0.29, 0.717) is 18.4 Å².